The van der Waals surface area contributed by atoms with Crippen LogP contribution in [0.2, 0.25) is 0 Å². The number of methoxy groups -OCH3 is 3. The molecule has 0 aliphatic carbocycles. The molecule has 0 spiro atoms. The van der Waals surface area contributed by atoms with Crippen molar-refractivity contribution in [1.82, 2.24) is 15.7 Å². The lowest BCUT2D eigenvalue weighted by atomic mass is 10.2. The molecule has 9 nitrogen and oxygen atoms in total. The first kappa shape index (κ1) is 22.3. The Kier molecular flexibility index (Phi) is 7.63. The van der Waals surface area contributed by atoms with E-state index in [1.807, 2.05) is 36.4 Å². The van der Waals surface area contributed by atoms with E-state index in [2.05, 4.69) is 10.2 Å². The molecule has 164 valence electrons. The second kappa shape index (κ2) is 10.6. The zero-order valence-corrected chi connectivity index (χ0v) is 18.2. The summed E-state index contributed by atoms with van der Waals surface area (Å²) in [7, 11) is 4.68. The van der Waals surface area contributed by atoms with Crippen molar-refractivity contribution >= 4 is 17.2 Å². The van der Waals surface area contributed by atoms with Crippen molar-refractivity contribution < 1.29 is 28.9 Å². The molecule has 2 aromatic carbocycles. The minimum atomic E-state index is -0.439. The third kappa shape index (κ3) is 5.41. The molecule has 0 saturated heterocycles. The van der Waals surface area contributed by atoms with E-state index >= 15 is 0 Å². The van der Waals surface area contributed by atoms with E-state index in [9.17, 15) is 4.79 Å². The average Bonchev–Trinajstić information content (AvgIpc) is 3.31. The highest BCUT2D eigenvalue weighted by atomic mass is 32.1. The summed E-state index contributed by atoms with van der Waals surface area (Å²) >= 11 is 1.42. The minimum Gasteiger partial charge on any atom is -0.494 e. The van der Waals surface area contributed by atoms with Crippen LogP contribution in [0.15, 0.2) is 36.4 Å². The van der Waals surface area contributed by atoms with E-state index in [4.69, 9.17) is 24.2 Å². The van der Waals surface area contributed by atoms with Crippen LogP contribution in [0, 0.1) is 0 Å². The van der Waals surface area contributed by atoms with E-state index in [1.165, 1.54) is 11.3 Å². The number of carbonyl (C=O) groups excluding carboxylic acids is 1. The van der Waals surface area contributed by atoms with Crippen molar-refractivity contribution in [2.45, 2.75) is 12.8 Å². The Labute approximate surface area is 183 Å². The molecule has 3 aromatic rings. The van der Waals surface area contributed by atoms with E-state index in [0.717, 1.165) is 16.1 Å². The number of carbonyl (C=O) groups is 1. The number of aromatic nitrogens is 2. The normalized spacial score (nSPS) is 10.5. The maximum Gasteiger partial charge on any atom is 0.243 e. The minimum absolute atomic E-state index is 0.185. The summed E-state index contributed by atoms with van der Waals surface area (Å²) in [6, 6.07) is 11.1. The molecule has 0 saturated carbocycles. The molecule has 2 N–H and O–H groups in total. The highest BCUT2D eigenvalue weighted by molar-refractivity contribution is 7.17. The van der Waals surface area contributed by atoms with Gasteiger partial charge in [0, 0.05) is 17.5 Å². The average molecular weight is 445 g/mol. The number of amides is 1. The molecular formula is C21H23N3O6S. The molecule has 0 atom stereocenters. The second-order valence-corrected chi connectivity index (χ2v) is 7.32. The van der Waals surface area contributed by atoms with E-state index in [-0.39, 0.29) is 6.42 Å². The van der Waals surface area contributed by atoms with E-state index < -0.39 is 5.91 Å². The zero-order valence-electron chi connectivity index (χ0n) is 17.4. The second-order valence-electron chi connectivity index (χ2n) is 6.34. The third-order valence-corrected chi connectivity index (χ3v) is 5.38. The summed E-state index contributed by atoms with van der Waals surface area (Å²) in [4.78, 5) is 11.0. The predicted molar refractivity (Wildman–Crippen MR) is 115 cm³/mol. The van der Waals surface area contributed by atoms with Crippen LogP contribution < -0.4 is 24.4 Å². The first-order chi connectivity index (χ1) is 15.1. The van der Waals surface area contributed by atoms with Crippen LogP contribution in [0.1, 0.15) is 12.8 Å². The van der Waals surface area contributed by atoms with Crippen molar-refractivity contribution in [2.75, 3.05) is 27.9 Å². The van der Waals surface area contributed by atoms with Crippen molar-refractivity contribution in [1.29, 1.82) is 0 Å². The van der Waals surface area contributed by atoms with Gasteiger partial charge in [-0.25, -0.2) is 5.48 Å². The van der Waals surface area contributed by atoms with Gasteiger partial charge < -0.3 is 18.9 Å². The molecule has 31 heavy (non-hydrogen) atoms. The molecule has 0 bridgehead atoms. The fourth-order valence-electron chi connectivity index (χ4n) is 2.86. The number of hydrogen-bond donors (Lipinski definition) is 2. The summed E-state index contributed by atoms with van der Waals surface area (Å²) in [6.07, 6.45) is 0.672. The maximum atomic E-state index is 11.0. The lowest BCUT2D eigenvalue weighted by Gasteiger charge is -2.13. The topological polar surface area (TPSA) is 112 Å². The lowest BCUT2D eigenvalue weighted by Crippen LogP contribution is -2.18. The number of hydroxylamine groups is 1. The quantitative estimate of drug-likeness (QED) is 0.277. The monoisotopic (exact) mass is 445 g/mol. The molecule has 0 aliphatic rings. The van der Waals surface area contributed by atoms with Crippen LogP contribution in [-0.2, 0) is 4.79 Å². The molecule has 0 aliphatic heterocycles. The van der Waals surface area contributed by atoms with Crippen LogP contribution in [0.4, 0.5) is 0 Å². The van der Waals surface area contributed by atoms with E-state index in [0.29, 0.717) is 41.0 Å². The number of benzene rings is 2. The smallest absolute Gasteiger partial charge is 0.243 e. The lowest BCUT2D eigenvalue weighted by molar-refractivity contribution is -0.129. The summed E-state index contributed by atoms with van der Waals surface area (Å²) in [5.74, 6) is 1.81. The summed E-state index contributed by atoms with van der Waals surface area (Å²) in [5, 5.41) is 18.6. The molecule has 10 heteroatoms. The third-order valence-electron chi connectivity index (χ3n) is 4.36. The summed E-state index contributed by atoms with van der Waals surface area (Å²) in [5.41, 5.74) is 3.26. The zero-order chi connectivity index (χ0) is 22.2. The molecule has 1 aromatic heterocycles. The summed E-state index contributed by atoms with van der Waals surface area (Å²) in [6.45, 7) is 0.351. The Balaban J connectivity index is 1.77. The Morgan fingerprint density at radius 1 is 1.00 bits per heavy atom. The van der Waals surface area contributed by atoms with Gasteiger partial charge in [0.25, 0.3) is 0 Å². The van der Waals surface area contributed by atoms with Gasteiger partial charge in [-0.2, -0.15) is 0 Å². The number of nitrogens with one attached hydrogen (secondary N) is 1. The largest absolute Gasteiger partial charge is 0.494 e. The predicted octanol–water partition coefficient (Wildman–Crippen LogP) is 3.56. The van der Waals surface area contributed by atoms with Crippen molar-refractivity contribution in [3.05, 3.63) is 36.4 Å². The van der Waals surface area contributed by atoms with Gasteiger partial charge >= 0.3 is 0 Å². The highest BCUT2D eigenvalue weighted by Gasteiger charge is 2.17. The number of rotatable bonds is 10. The summed E-state index contributed by atoms with van der Waals surface area (Å²) < 4.78 is 21.9. The molecular weight excluding hydrogens is 422 g/mol. The molecule has 1 heterocycles. The molecule has 0 unspecified atom stereocenters. The van der Waals surface area contributed by atoms with Crippen molar-refractivity contribution in [3.8, 4) is 44.1 Å². The number of hydrogen-bond acceptors (Lipinski definition) is 9. The number of nitrogens with zero attached hydrogens (tertiary/aromatic N) is 2. The SMILES string of the molecule is COc1cc(-c2nnc(-c3cccc(OCCCC(=O)NO)c3)s2)cc(OC)c1OC. The molecule has 0 radical (unpaired) electrons. The Bertz CT molecular complexity index is 1010. The standard InChI is InChI=1S/C21H23N3O6S/c1-27-16-11-14(12-17(28-2)19(16)29-3)21-23-22-20(31-21)13-6-4-7-15(10-13)30-9-5-8-18(25)24-26/h4,6-7,10-12,26H,5,8-9H2,1-3H3,(H,24,25). The van der Waals surface area contributed by atoms with Crippen LogP contribution in [-0.4, -0.2) is 49.2 Å². The van der Waals surface area contributed by atoms with Crippen LogP contribution in [0.3, 0.4) is 0 Å². The number of ether oxygens (including phenoxy) is 4. The molecule has 0 fully saturated rings. The maximum absolute atomic E-state index is 11.0. The van der Waals surface area contributed by atoms with Crippen molar-refractivity contribution in [3.63, 3.8) is 0 Å². The van der Waals surface area contributed by atoms with Gasteiger partial charge in [-0.1, -0.05) is 23.5 Å². The van der Waals surface area contributed by atoms with Gasteiger partial charge in [0.1, 0.15) is 15.8 Å². The van der Waals surface area contributed by atoms with Crippen LogP contribution >= 0.6 is 11.3 Å². The Morgan fingerprint density at radius 3 is 2.29 bits per heavy atom. The van der Waals surface area contributed by atoms with Crippen LogP contribution in [0.5, 0.6) is 23.0 Å². The fourth-order valence-corrected chi connectivity index (χ4v) is 3.69. The van der Waals surface area contributed by atoms with Gasteiger partial charge in [-0.15, -0.1) is 10.2 Å². The first-order valence-corrected chi connectivity index (χ1v) is 10.2. The van der Waals surface area contributed by atoms with E-state index in [1.54, 1.807) is 26.8 Å². The van der Waals surface area contributed by atoms with Crippen LogP contribution in [0.25, 0.3) is 21.1 Å². The highest BCUT2D eigenvalue weighted by Crippen LogP contribution is 2.42. The first-order valence-electron chi connectivity index (χ1n) is 9.39. The van der Waals surface area contributed by atoms with Crippen molar-refractivity contribution in [2.24, 2.45) is 0 Å². The van der Waals surface area contributed by atoms with Gasteiger partial charge in [0.2, 0.25) is 11.7 Å². The Morgan fingerprint density at radius 2 is 1.68 bits per heavy atom. The fraction of sp³-hybridized carbons (Fsp3) is 0.286. The van der Waals surface area contributed by atoms with Gasteiger partial charge in [0.05, 0.1) is 27.9 Å². The molecule has 3 rings (SSSR count). The van der Waals surface area contributed by atoms with Gasteiger partial charge in [-0.3, -0.25) is 10.0 Å². The van der Waals surface area contributed by atoms with Gasteiger partial charge in [0.15, 0.2) is 11.5 Å². The molecule has 1 amide bonds. The Hall–Kier alpha value is -3.37. The van der Waals surface area contributed by atoms with Gasteiger partial charge in [-0.05, 0) is 30.7 Å².